The number of hydrogen-bond acceptors (Lipinski definition) is 7. The molecular formula is C28H40O7. The van der Waals surface area contributed by atoms with Crippen molar-refractivity contribution in [2.75, 3.05) is 20.3 Å². The second-order valence-corrected chi connectivity index (χ2v) is 12.5. The van der Waals surface area contributed by atoms with Gasteiger partial charge in [-0.2, -0.15) is 0 Å². The van der Waals surface area contributed by atoms with E-state index in [9.17, 15) is 5.11 Å². The number of fused-ring (bicyclic) bond motifs is 3. The Bertz CT molecular complexity index is 961. The highest BCUT2D eigenvalue weighted by Gasteiger charge is 2.72. The smallest absolute Gasteiger partial charge is 0.173 e. The van der Waals surface area contributed by atoms with Crippen LogP contribution in [0.2, 0.25) is 0 Å². The van der Waals surface area contributed by atoms with Crippen LogP contribution in [0, 0.1) is 22.7 Å². The van der Waals surface area contributed by atoms with Crippen LogP contribution in [0.3, 0.4) is 0 Å². The zero-order valence-electron chi connectivity index (χ0n) is 21.5. The molecule has 1 N–H and O–H groups in total. The van der Waals surface area contributed by atoms with E-state index in [4.69, 9.17) is 28.4 Å². The molecule has 194 valence electrons. The largest absolute Gasteiger partial charge is 0.491 e. The number of allylic oxidation sites excluding steroid dienone is 2. The molecule has 0 bridgehead atoms. The van der Waals surface area contributed by atoms with Crippen molar-refractivity contribution in [3.63, 3.8) is 0 Å². The fourth-order valence-electron chi connectivity index (χ4n) is 8.92. The van der Waals surface area contributed by atoms with Crippen LogP contribution in [0.1, 0.15) is 65.7 Å². The van der Waals surface area contributed by atoms with E-state index in [0.29, 0.717) is 24.9 Å². The number of methoxy groups -OCH3 is 1. The zero-order valence-corrected chi connectivity index (χ0v) is 21.5. The van der Waals surface area contributed by atoms with Crippen molar-refractivity contribution in [2.45, 2.75) is 108 Å². The lowest BCUT2D eigenvalue weighted by Gasteiger charge is -2.52. The summed E-state index contributed by atoms with van der Waals surface area (Å²) in [6, 6.07) is 0. The van der Waals surface area contributed by atoms with Crippen LogP contribution in [0.25, 0.3) is 0 Å². The molecule has 35 heavy (non-hydrogen) atoms. The molecule has 7 aliphatic rings. The van der Waals surface area contributed by atoms with E-state index in [-0.39, 0.29) is 41.5 Å². The number of aliphatic hydroxyl groups is 1. The predicted molar refractivity (Wildman–Crippen MR) is 126 cm³/mol. The molecule has 0 amide bonds. The maximum absolute atomic E-state index is 10.3. The molecular weight excluding hydrogens is 448 g/mol. The maximum Gasteiger partial charge on any atom is 0.173 e. The Morgan fingerprint density at radius 2 is 2.00 bits per heavy atom. The van der Waals surface area contributed by atoms with Crippen molar-refractivity contribution in [2.24, 2.45) is 22.7 Å². The molecule has 4 saturated heterocycles. The Kier molecular flexibility index (Phi) is 5.15. The maximum atomic E-state index is 10.3. The molecule has 0 aromatic rings. The first-order valence-electron chi connectivity index (χ1n) is 13.7. The summed E-state index contributed by atoms with van der Waals surface area (Å²) in [6.07, 6.45) is 8.26. The predicted octanol–water partition coefficient (Wildman–Crippen LogP) is 3.84. The van der Waals surface area contributed by atoms with Crippen molar-refractivity contribution in [1.29, 1.82) is 0 Å². The number of hydrogen-bond donors (Lipinski definition) is 1. The second-order valence-electron chi connectivity index (χ2n) is 12.5. The van der Waals surface area contributed by atoms with Gasteiger partial charge in [0.05, 0.1) is 42.9 Å². The number of rotatable bonds is 3. The fourth-order valence-corrected chi connectivity index (χ4v) is 8.92. The standard InChI is InChI=1S/C28H40O7/c1-15-23(29)20(30-4)12-22(33-15)34-17-7-9-26(2)16(11-17)5-6-18-19(26)8-10-28-14-32-27(3)24(28)21(13-31-27)35-25(18)28/h5,15,17,19-24,29H,6-14H2,1-4H3. The zero-order chi connectivity index (χ0) is 24.2. The van der Waals surface area contributed by atoms with Crippen molar-refractivity contribution in [3.8, 4) is 0 Å². The van der Waals surface area contributed by atoms with Crippen LogP contribution in [0.4, 0.5) is 0 Å². The quantitative estimate of drug-likeness (QED) is 0.605. The lowest BCUT2D eigenvalue weighted by atomic mass is 9.52. The third kappa shape index (κ3) is 3.12. The molecule has 1 spiro atoms. The molecule has 11 atom stereocenters. The van der Waals surface area contributed by atoms with Crippen molar-refractivity contribution in [1.82, 2.24) is 0 Å². The van der Waals surface area contributed by atoms with Crippen LogP contribution in [-0.4, -0.2) is 68.0 Å². The van der Waals surface area contributed by atoms with Gasteiger partial charge >= 0.3 is 0 Å². The SMILES string of the molecule is COC1CC(OC2CCC3(C)C(=CCC4=C5OC6COC7(C)OCC5(CCC43)C67)C2)OC(C)C1O. The summed E-state index contributed by atoms with van der Waals surface area (Å²) in [7, 11) is 1.65. The lowest BCUT2D eigenvalue weighted by Crippen LogP contribution is -2.50. The van der Waals surface area contributed by atoms with Crippen molar-refractivity contribution in [3.05, 3.63) is 23.0 Å². The molecule has 11 unspecified atom stereocenters. The second kappa shape index (κ2) is 7.78. The van der Waals surface area contributed by atoms with Crippen LogP contribution in [-0.2, 0) is 28.4 Å². The molecule has 0 aromatic carbocycles. The highest BCUT2D eigenvalue weighted by Crippen LogP contribution is 2.68. The van der Waals surface area contributed by atoms with Crippen molar-refractivity contribution >= 4 is 0 Å². The molecule has 5 fully saturated rings. The van der Waals surface area contributed by atoms with Crippen LogP contribution >= 0.6 is 0 Å². The van der Waals surface area contributed by atoms with Gasteiger partial charge in [0.25, 0.3) is 0 Å². The van der Waals surface area contributed by atoms with Gasteiger partial charge in [-0.05, 0) is 69.3 Å². The van der Waals surface area contributed by atoms with E-state index in [1.54, 1.807) is 12.7 Å². The molecule has 0 radical (unpaired) electrons. The van der Waals surface area contributed by atoms with E-state index >= 15 is 0 Å². The summed E-state index contributed by atoms with van der Waals surface area (Å²) in [5, 5.41) is 10.3. The van der Waals surface area contributed by atoms with E-state index < -0.39 is 11.9 Å². The molecule has 0 aromatic heterocycles. The van der Waals surface area contributed by atoms with Gasteiger partial charge in [-0.1, -0.05) is 18.6 Å². The summed E-state index contributed by atoms with van der Waals surface area (Å²) in [5.74, 6) is 1.65. The van der Waals surface area contributed by atoms with Gasteiger partial charge in [0.2, 0.25) is 0 Å². The Labute approximate surface area is 208 Å². The van der Waals surface area contributed by atoms with E-state index in [0.717, 1.165) is 38.7 Å². The van der Waals surface area contributed by atoms with E-state index in [1.165, 1.54) is 17.8 Å². The normalized spacial score (nSPS) is 54.5. The van der Waals surface area contributed by atoms with E-state index in [2.05, 4.69) is 19.9 Å². The number of aliphatic hydroxyl groups excluding tert-OH is 1. The van der Waals surface area contributed by atoms with E-state index in [1.807, 2.05) is 6.92 Å². The molecule has 7 rings (SSSR count). The summed E-state index contributed by atoms with van der Waals surface area (Å²) >= 11 is 0. The average Bonchev–Trinajstić information content (AvgIpc) is 3.46. The van der Waals surface area contributed by atoms with Crippen molar-refractivity contribution < 1.29 is 33.5 Å². The third-order valence-electron chi connectivity index (χ3n) is 10.8. The summed E-state index contributed by atoms with van der Waals surface area (Å²) < 4.78 is 37.0. The highest BCUT2D eigenvalue weighted by molar-refractivity contribution is 5.40. The fraction of sp³-hybridized carbons (Fsp3) is 0.857. The van der Waals surface area contributed by atoms with Gasteiger partial charge in [-0.3, -0.25) is 0 Å². The van der Waals surface area contributed by atoms with Gasteiger partial charge in [0, 0.05) is 13.5 Å². The van der Waals surface area contributed by atoms with Gasteiger partial charge in [0.1, 0.15) is 18.0 Å². The third-order valence-corrected chi connectivity index (χ3v) is 10.8. The van der Waals surface area contributed by atoms with Gasteiger partial charge < -0.3 is 33.5 Å². The van der Waals surface area contributed by atoms with Crippen LogP contribution in [0.5, 0.6) is 0 Å². The minimum absolute atomic E-state index is 0.0151. The van der Waals surface area contributed by atoms with Gasteiger partial charge in [-0.25, -0.2) is 0 Å². The van der Waals surface area contributed by atoms with Gasteiger partial charge in [0.15, 0.2) is 12.1 Å². The monoisotopic (exact) mass is 488 g/mol. The molecule has 7 heteroatoms. The Morgan fingerprint density at radius 3 is 2.83 bits per heavy atom. The Balaban J connectivity index is 1.11. The first-order valence-corrected chi connectivity index (χ1v) is 13.7. The highest BCUT2D eigenvalue weighted by atomic mass is 16.7. The first kappa shape index (κ1) is 23.2. The molecule has 4 aliphatic heterocycles. The van der Waals surface area contributed by atoms with Crippen LogP contribution in [0.15, 0.2) is 23.0 Å². The first-order chi connectivity index (χ1) is 16.8. The van der Waals surface area contributed by atoms with Gasteiger partial charge in [-0.15, -0.1) is 0 Å². The summed E-state index contributed by atoms with van der Waals surface area (Å²) in [5.41, 5.74) is 3.25. The minimum atomic E-state index is -0.608. The molecule has 3 aliphatic carbocycles. The minimum Gasteiger partial charge on any atom is -0.491 e. The Morgan fingerprint density at radius 1 is 1.14 bits per heavy atom. The van der Waals surface area contributed by atoms with Crippen LogP contribution < -0.4 is 0 Å². The topological polar surface area (TPSA) is 75.6 Å². The molecule has 4 heterocycles. The molecule has 7 nitrogen and oxygen atoms in total. The lowest BCUT2D eigenvalue weighted by molar-refractivity contribution is -0.265. The molecule has 1 saturated carbocycles. The summed E-state index contributed by atoms with van der Waals surface area (Å²) in [4.78, 5) is 0. The average molecular weight is 489 g/mol. The number of ether oxygens (including phenoxy) is 6. The Hall–Kier alpha value is -0.960. The summed E-state index contributed by atoms with van der Waals surface area (Å²) in [6.45, 7) is 7.86.